The number of hydrogen-bond acceptors (Lipinski definition) is 2. The van der Waals surface area contributed by atoms with Crippen molar-refractivity contribution in [2.45, 2.75) is 13.8 Å². The van der Waals surface area contributed by atoms with Crippen molar-refractivity contribution in [3.63, 3.8) is 0 Å². The molecule has 4 rings (SSSR count). The van der Waals surface area contributed by atoms with Crippen LogP contribution in [0.2, 0.25) is 0 Å². The maximum atomic E-state index is 13.8. The molecule has 2 aromatic heterocycles. The fourth-order valence-corrected chi connectivity index (χ4v) is 4.02. The third-order valence-electron chi connectivity index (χ3n) is 4.63. The van der Waals surface area contributed by atoms with Gasteiger partial charge in [-0.2, -0.15) is 0 Å². The molecule has 0 saturated heterocycles. The van der Waals surface area contributed by atoms with Crippen LogP contribution < -0.4 is 5.32 Å². The lowest BCUT2D eigenvalue weighted by atomic mass is 10.0. The maximum absolute atomic E-state index is 13.8. The van der Waals surface area contributed by atoms with Crippen LogP contribution in [0.25, 0.3) is 16.8 Å². The summed E-state index contributed by atoms with van der Waals surface area (Å²) < 4.78 is 15.8. The van der Waals surface area contributed by atoms with Crippen molar-refractivity contribution < 1.29 is 9.18 Å². The highest BCUT2D eigenvalue weighted by Gasteiger charge is 2.20. The summed E-state index contributed by atoms with van der Waals surface area (Å²) >= 11 is 1.38. The molecule has 5 heteroatoms. The molecule has 2 aromatic carbocycles. The molecule has 1 amide bonds. The molecule has 1 N–H and O–H groups in total. The SMILES string of the molecule is Cc1ccc(-c2csc(C(=O)Nc3ccc(C)c(F)c3)c2-n2cccc2)cc1. The van der Waals surface area contributed by atoms with E-state index in [9.17, 15) is 9.18 Å². The van der Waals surface area contributed by atoms with Crippen LogP contribution in [0, 0.1) is 19.7 Å². The highest BCUT2D eigenvalue weighted by Crippen LogP contribution is 2.35. The first-order chi connectivity index (χ1) is 13.5. The third-order valence-corrected chi connectivity index (χ3v) is 5.59. The lowest BCUT2D eigenvalue weighted by molar-refractivity contribution is 0.103. The second-order valence-corrected chi connectivity index (χ2v) is 7.58. The molecule has 0 atom stereocenters. The van der Waals surface area contributed by atoms with Crippen LogP contribution in [0.3, 0.4) is 0 Å². The van der Waals surface area contributed by atoms with Gasteiger partial charge in [-0.3, -0.25) is 4.79 Å². The summed E-state index contributed by atoms with van der Waals surface area (Å²) in [6.45, 7) is 3.74. The second kappa shape index (κ2) is 7.44. The Kier molecular flexibility index (Phi) is 4.84. The molecular formula is C23H19FN2OS. The number of carbonyl (C=O) groups is 1. The number of halogens is 1. The van der Waals surface area contributed by atoms with Crippen molar-refractivity contribution in [2.75, 3.05) is 5.32 Å². The first-order valence-electron chi connectivity index (χ1n) is 8.92. The minimum Gasteiger partial charge on any atom is -0.322 e. The fourth-order valence-electron chi connectivity index (χ4n) is 3.05. The average molecular weight is 390 g/mol. The Bertz CT molecular complexity index is 1130. The van der Waals surface area contributed by atoms with Gasteiger partial charge in [-0.05, 0) is 49.2 Å². The van der Waals surface area contributed by atoms with Crippen molar-refractivity contribution in [3.8, 4) is 16.8 Å². The average Bonchev–Trinajstić information content (AvgIpc) is 3.34. The fraction of sp³-hybridized carbons (Fsp3) is 0.0870. The Labute approximate surface area is 167 Å². The zero-order chi connectivity index (χ0) is 19.7. The summed E-state index contributed by atoms with van der Waals surface area (Å²) in [5.74, 6) is -0.592. The molecule has 0 radical (unpaired) electrons. The van der Waals surface area contributed by atoms with E-state index in [1.54, 1.807) is 19.1 Å². The first-order valence-corrected chi connectivity index (χ1v) is 9.80. The summed E-state index contributed by atoms with van der Waals surface area (Å²) in [5.41, 5.74) is 5.03. The summed E-state index contributed by atoms with van der Waals surface area (Å²) in [5, 5.41) is 4.81. The number of rotatable bonds is 4. The first kappa shape index (κ1) is 18.2. The molecule has 0 aliphatic rings. The Hall–Kier alpha value is -3.18. The number of nitrogens with one attached hydrogen (secondary N) is 1. The Morgan fingerprint density at radius 2 is 1.75 bits per heavy atom. The molecule has 28 heavy (non-hydrogen) atoms. The van der Waals surface area contributed by atoms with E-state index >= 15 is 0 Å². The molecule has 3 nitrogen and oxygen atoms in total. The molecule has 0 bridgehead atoms. The molecule has 2 heterocycles. The lowest BCUT2D eigenvalue weighted by Gasteiger charge is -2.11. The van der Waals surface area contributed by atoms with E-state index in [-0.39, 0.29) is 11.7 Å². The van der Waals surface area contributed by atoms with Crippen molar-refractivity contribution in [1.82, 2.24) is 4.57 Å². The van der Waals surface area contributed by atoms with E-state index in [1.807, 2.05) is 41.4 Å². The number of thiophene rings is 1. The van der Waals surface area contributed by atoms with E-state index in [2.05, 4.69) is 29.6 Å². The largest absolute Gasteiger partial charge is 0.322 e. The normalized spacial score (nSPS) is 10.8. The monoisotopic (exact) mass is 390 g/mol. The highest BCUT2D eigenvalue weighted by molar-refractivity contribution is 7.13. The summed E-state index contributed by atoms with van der Waals surface area (Å²) in [6.07, 6.45) is 3.84. The molecule has 4 aromatic rings. The molecule has 0 aliphatic carbocycles. The van der Waals surface area contributed by atoms with Crippen LogP contribution in [0.5, 0.6) is 0 Å². The number of aryl methyl sites for hydroxylation is 2. The van der Waals surface area contributed by atoms with Crippen molar-refractivity contribution >= 4 is 22.9 Å². The standard InChI is InChI=1S/C23H19FN2OS/c1-15-5-8-17(9-6-15)19-14-28-22(21(19)26-11-3-4-12-26)23(27)25-18-10-7-16(2)20(24)13-18/h3-14H,1-2H3,(H,25,27). The zero-order valence-electron chi connectivity index (χ0n) is 15.6. The minimum atomic E-state index is -0.338. The highest BCUT2D eigenvalue weighted by atomic mass is 32.1. The van der Waals surface area contributed by atoms with Gasteiger partial charge in [0.1, 0.15) is 10.7 Å². The van der Waals surface area contributed by atoms with Crippen molar-refractivity contribution in [2.24, 2.45) is 0 Å². The zero-order valence-corrected chi connectivity index (χ0v) is 16.4. The van der Waals surface area contributed by atoms with Gasteiger partial charge in [-0.25, -0.2) is 4.39 Å². The number of amides is 1. The predicted molar refractivity (Wildman–Crippen MR) is 113 cm³/mol. The van der Waals surface area contributed by atoms with Gasteiger partial charge < -0.3 is 9.88 Å². The van der Waals surface area contributed by atoms with Gasteiger partial charge >= 0.3 is 0 Å². The van der Waals surface area contributed by atoms with E-state index in [0.29, 0.717) is 16.1 Å². The molecule has 0 fully saturated rings. The van der Waals surface area contributed by atoms with E-state index in [4.69, 9.17) is 0 Å². The molecule has 140 valence electrons. The number of anilines is 1. The molecule has 0 unspecified atom stereocenters. The van der Waals surface area contributed by atoms with Crippen LogP contribution in [0.1, 0.15) is 20.8 Å². The summed E-state index contributed by atoms with van der Waals surface area (Å²) in [7, 11) is 0. The number of nitrogens with zero attached hydrogens (tertiary/aromatic N) is 1. The Morgan fingerprint density at radius 3 is 2.43 bits per heavy atom. The molecule has 0 spiro atoms. The Balaban J connectivity index is 1.75. The molecular weight excluding hydrogens is 371 g/mol. The predicted octanol–water partition coefficient (Wildman–Crippen LogP) is 6.21. The third kappa shape index (κ3) is 3.49. The van der Waals surface area contributed by atoms with Gasteiger partial charge in [0, 0.05) is 29.0 Å². The summed E-state index contributed by atoms with van der Waals surface area (Å²) in [6, 6.07) is 16.8. The number of benzene rings is 2. The topological polar surface area (TPSA) is 34.0 Å². The second-order valence-electron chi connectivity index (χ2n) is 6.70. The van der Waals surface area contributed by atoms with Gasteiger partial charge in [0.05, 0.1) is 5.69 Å². The lowest BCUT2D eigenvalue weighted by Crippen LogP contribution is -2.13. The van der Waals surface area contributed by atoms with Crippen LogP contribution in [0.4, 0.5) is 10.1 Å². The van der Waals surface area contributed by atoms with Gasteiger partial charge in [-0.1, -0.05) is 35.9 Å². The number of hydrogen-bond donors (Lipinski definition) is 1. The van der Waals surface area contributed by atoms with Gasteiger partial charge in [0.2, 0.25) is 0 Å². The smallest absolute Gasteiger partial charge is 0.267 e. The van der Waals surface area contributed by atoms with Gasteiger partial charge in [0.25, 0.3) is 5.91 Å². The van der Waals surface area contributed by atoms with Gasteiger partial charge in [0.15, 0.2) is 0 Å². The quantitative estimate of drug-likeness (QED) is 0.441. The maximum Gasteiger partial charge on any atom is 0.267 e. The van der Waals surface area contributed by atoms with Crippen LogP contribution >= 0.6 is 11.3 Å². The summed E-state index contributed by atoms with van der Waals surface area (Å²) in [4.78, 5) is 13.6. The number of aromatic nitrogens is 1. The van der Waals surface area contributed by atoms with Crippen LogP contribution in [-0.2, 0) is 0 Å². The van der Waals surface area contributed by atoms with Crippen LogP contribution in [-0.4, -0.2) is 10.5 Å². The van der Waals surface area contributed by atoms with Gasteiger partial charge in [-0.15, -0.1) is 11.3 Å². The number of carbonyl (C=O) groups excluding carboxylic acids is 1. The van der Waals surface area contributed by atoms with E-state index in [0.717, 1.165) is 16.8 Å². The Morgan fingerprint density at radius 1 is 1.04 bits per heavy atom. The van der Waals surface area contributed by atoms with Crippen molar-refractivity contribution in [3.05, 3.63) is 94.2 Å². The molecule has 0 aliphatic heterocycles. The van der Waals surface area contributed by atoms with E-state index in [1.165, 1.54) is 23.0 Å². The molecule has 0 saturated carbocycles. The van der Waals surface area contributed by atoms with E-state index < -0.39 is 0 Å². The van der Waals surface area contributed by atoms with Crippen molar-refractivity contribution in [1.29, 1.82) is 0 Å². The minimum absolute atomic E-state index is 0.254. The van der Waals surface area contributed by atoms with Crippen LogP contribution in [0.15, 0.2) is 72.4 Å².